The van der Waals surface area contributed by atoms with Crippen LogP contribution in [-0.2, 0) is 11.8 Å². The van der Waals surface area contributed by atoms with Crippen molar-refractivity contribution in [1.82, 2.24) is 20.0 Å². The molecule has 1 unspecified atom stereocenters. The Morgan fingerprint density at radius 3 is 2.84 bits per heavy atom. The van der Waals surface area contributed by atoms with Crippen LogP contribution in [0.4, 0.5) is 0 Å². The minimum atomic E-state index is 0.0114. The first-order valence-corrected chi connectivity index (χ1v) is 6.58. The Morgan fingerprint density at radius 1 is 1.58 bits per heavy atom. The second-order valence-corrected chi connectivity index (χ2v) is 5.05. The van der Waals surface area contributed by atoms with Gasteiger partial charge in [0.2, 0.25) is 0 Å². The van der Waals surface area contributed by atoms with Crippen LogP contribution in [0.3, 0.4) is 0 Å². The molecule has 0 spiro atoms. The third kappa shape index (κ3) is 2.96. The van der Waals surface area contributed by atoms with Crippen LogP contribution >= 0.6 is 0 Å². The predicted octanol–water partition coefficient (Wildman–Crippen LogP) is 0.0973. The largest absolute Gasteiger partial charge is 0.374 e. The third-order valence-electron chi connectivity index (χ3n) is 3.55. The van der Waals surface area contributed by atoms with E-state index >= 15 is 0 Å². The number of nitrogens with one attached hydrogen (secondary N) is 1. The number of amides is 1. The summed E-state index contributed by atoms with van der Waals surface area (Å²) in [6, 6.07) is 0. The van der Waals surface area contributed by atoms with Crippen molar-refractivity contribution in [2.45, 2.75) is 20.0 Å². The number of likely N-dealkylation sites (N-methyl/N-ethyl adjacent to an activating group) is 1. The van der Waals surface area contributed by atoms with Crippen molar-refractivity contribution in [2.24, 2.45) is 7.05 Å². The number of carbonyl (C=O) groups is 1. The van der Waals surface area contributed by atoms with E-state index in [9.17, 15) is 4.79 Å². The van der Waals surface area contributed by atoms with E-state index in [-0.39, 0.29) is 12.0 Å². The molecule has 0 radical (unpaired) electrons. The molecule has 1 aromatic rings. The Labute approximate surface area is 113 Å². The van der Waals surface area contributed by atoms with Gasteiger partial charge in [0.25, 0.3) is 5.91 Å². The molecular formula is C13H22N4O2. The van der Waals surface area contributed by atoms with E-state index in [2.05, 4.69) is 10.4 Å². The highest BCUT2D eigenvalue weighted by atomic mass is 16.5. The van der Waals surface area contributed by atoms with Crippen molar-refractivity contribution >= 4 is 5.91 Å². The van der Waals surface area contributed by atoms with E-state index in [1.165, 1.54) is 0 Å². The van der Waals surface area contributed by atoms with Crippen molar-refractivity contribution in [3.05, 3.63) is 17.0 Å². The smallest absolute Gasteiger partial charge is 0.257 e. The van der Waals surface area contributed by atoms with Gasteiger partial charge in [0.15, 0.2) is 0 Å². The summed E-state index contributed by atoms with van der Waals surface area (Å²) in [6.45, 7) is 6.77. The van der Waals surface area contributed by atoms with Crippen LogP contribution in [0.1, 0.15) is 21.7 Å². The Hall–Kier alpha value is -1.40. The summed E-state index contributed by atoms with van der Waals surface area (Å²) in [5.74, 6) is 0.0114. The van der Waals surface area contributed by atoms with E-state index in [1.54, 1.807) is 9.58 Å². The van der Waals surface area contributed by atoms with Crippen LogP contribution in [0.5, 0.6) is 0 Å². The van der Waals surface area contributed by atoms with E-state index in [0.29, 0.717) is 18.7 Å². The molecule has 19 heavy (non-hydrogen) atoms. The van der Waals surface area contributed by atoms with Gasteiger partial charge in [-0.15, -0.1) is 0 Å². The van der Waals surface area contributed by atoms with Crippen LogP contribution in [0.15, 0.2) is 0 Å². The third-order valence-corrected chi connectivity index (χ3v) is 3.55. The maximum atomic E-state index is 12.5. The van der Waals surface area contributed by atoms with Crippen LogP contribution in [0.25, 0.3) is 0 Å². The molecule has 1 N–H and O–H groups in total. The van der Waals surface area contributed by atoms with Crippen molar-refractivity contribution in [2.75, 3.05) is 33.3 Å². The number of hydrogen-bond acceptors (Lipinski definition) is 4. The number of ether oxygens (including phenoxy) is 1. The second-order valence-electron chi connectivity index (χ2n) is 5.05. The average molecular weight is 266 g/mol. The highest BCUT2D eigenvalue weighted by Crippen LogP contribution is 2.14. The van der Waals surface area contributed by atoms with Crippen LogP contribution < -0.4 is 5.32 Å². The van der Waals surface area contributed by atoms with Crippen molar-refractivity contribution < 1.29 is 9.53 Å². The topological polar surface area (TPSA) is 59.4 Å². The number of aromatic nitrogens is 2. The number of morpholine rings is 1. The van der Waals surface area contributed by atoms with Gasteiger partial charge in [-0.3, -0.25) is 9.48 Å². The van der Waals surface area contributed by atoms with E-state index in [4.69, 9.17) is 4.74 Å². The van der Waals surface area contributed by atoms with Crippen LogP contribution in [0.2, 0.25) is 0 Å². The lowest BCUT2D eigenvalue weighted by atomic mass is 10.1. The molecule has 1 aliphatic heterocycles. The number of nitrogens with zero attached hydrogens (tertiary/aromatic N) is 3. The molecule has 0 bridgehead atoms. The number of hydrogen-bond donors (Lipinski definition) is 1. The standard InChI is InChI=1S/C13H22N4O2/c1-9-12(10(2)17(4)15-9)13(18)16(3)8-11-7-14-5-6-19-11/h11,14H,5-8H2,1-4H3. The first kappa shape index (κ1) is 14.0. The monoisotopic (exact) mass is 266 g/mol. The Kier molecular flexibility index (Phi) is 4.21. The number of carbonyl (C=O) groups excluding carboxylic acids is 1. The van der Waals surface area contributed by atoms with Gasteiger partial charge in [0.1, 0.15) is 0 Å². The lowest BCUT2D eigenvalue weighted by Crippen LogP contribution is -2.45. The Balaban J connectivity index is 2.05. The van der Waals surface area contributed by atoms with Gasteiger partial charge < -0.3 is 15.0 Å². The first-order valence-electron chi connectivity index (χ1n) is 6.58. The molecule has 6 nitrogen and oxygen atoms in total. The van der Waals surface area contributed by atoms with Gasteiger partial charge in [-0.05, 0) is 13.8 Å². The Morgan fingerprint density at radius 2 is 2.32 bits per heavy atom. The summed E-state index contributed by atoms with van der Waals surface area (Å²) >= 11 is 0. The first-order chi connectivity index (χ1) is 9.00. The fourth-order valence-corrected chi connectivity index (χ4v) is 2.40. The van der Waals surface area contributed by atoms with Gasteiger partial charge >= 0.3 is 0 Å². The summed E-state index contributed by atoms with van der Waals surface area (Å²) < 4.78 is 7.37. The average Bonchev–Trinajstić information content (AvgIpc) is 2.63. The van der Waals surface area contributed by atoms with Gasteiger partial charge in [-0.2, -0.15) is 5.10 Å². The summed E-state index contributed by atoms with van der Waals surface area (Å²) in [5, 5.41) is 7.55. The zero-order chi connectivity index (χ0) is 14.0. The molecule has 2 rings (SSSR count). The molecule has 2 heterocycles. The molecule has 1 atom stereocenters. The zero-order valence-corrected chi connectivity index (χ0v) is 12.1. The zero-order valence-electron chi connectivity index (χ0n) is 12.1. The minimum absolute atomic E-state index is 0.0114. The van der Waals surface area contributed by atoms with Gasteiger partial charge in [-0.25, -0.2) is 0 Å². The SMILES string of the molecule is Cc1nn(C)c(C)c1C(=O)N(C)CC1CNCCO1. The van der Waals surface area contributed by atoms with E-state index < -0.39 is 0 Å². The van der Waals surface area contributed by atoms with Crippen molar-refractivity contribution in [3.63, 3.8) is 0 Å². The molecule has 0 saturated carbocycles. The molecular weight excluding hydrogens is 244 g/mol. The van der Waals surface area contributed by atoms with E-state index in [0.717, 1.165) is 24.5 Å². The predicted molar refractivity (Wildman–Crippen MR) is 72.3 cm³/mol. The lowest BCUT2D eigenvalue weighted by molar-refractivity contribution is 0.0103. The summed E-state index contributed by atoms with van der Waals surface area (Å²) in [7, 11) is 3.67. The molecule has 1 aromatic heterocycles. The van der Waals surface area contributed by atoms with Crippen LogP contribution in [-0.4, -0.2) is 60.0 Å². The van der Waals surface area contributed by atoms with E-state index in [1.807, 2.05) is 27.9 Å². The quantitative estimate of drug-likeness (QED) is 0.843. The molecule has 1 fully saturated rings. The van der Waals surface area contributed by atoms with Gasteiger partial charge in [0, 0.05) is 39.4 Å². The van der Waals surface area contributed by atoms with Gasteiger partial charge in [0.05, 0.1) is 24.0 Å². The van der Waals surface area contributed by atoms with Crippen molar-refractivity contribution in [1.29, 1.82) is 0 Å². The molecule has 1 saturated heterocycles. The molecule has 0 aromatic carbocycles. The van der Waals surface area contributed by atoms with Gasteiger partial charge in [-0.1, -0.05) is 0 Å². The Bertz CT molecular complexity index is 463. The van der Waals surface area contributed by atoms with Crippen LogP contribution in [0, 0.1) is 13.8 Å². The molecule has 1 amide bonds. The molecule has 1 aliphatic rings. The lowest BCUT2D eigenvalue weighted by Gasteiger charge is -2.28. The fraction of sp³-hybridized carbons (Fsp3) is 0.692. The maximum absolute atomic E-state index is 12.5. The summed E-state index contributed by atoms with van der Waals surface area (Å²) in [5.41, 5.74) is 2.38. The van der Waals surface area contributed by atoms with Crippen molar-refractivity contribution in [3.8, 4) is 0 Å². The second kappa shape index (κ2) is 5.71. The minimum Gasteiger partial charge on any atom is -0.374 e. The maximum Gasteiger partial charge on any atom is 0.257 e. The molecule has 6 heteroatoms. The number of rotatable bonds is 3. The molecule has 106 valence electrons. The fourth-order valence-electron chi connectivity index (χ4n) is 2.40. The highest BCUT2D eigenvalue weighted by molar-refractivity contribution is 5.96. The normalized spacial score (nSPS) is 19.5. The number of aryl methyl sites for hydroxylation is 2. The summed E-state index contributed by atoms with van der Waals surface area (Å²) in [6.07, 6.45) is 0.0694. The summed E-state index contributed by atoms with van der Waals surface area (Å²) in [4.78, 5) is 14.2. The molecule has 0 aliphatic carbocycles. The highest BCUT2D eigenvalue weighted by Gasteiger charge is 2.23.